The smallest absolute Gasteiger partial charge is 0.246 e. The molecule has 2 amide bonds. The van der Waals surface area contributed by atoms with Crippen LogP contribution in [0.3, 0.4) is 0 Å². The summed E-state index contributed by atoms with van der Waals surface area (Å²) in [6, 6.07) is 7.85. The number of fused-ring (bicyclic) bond motifs is 1. The molecule has 0 fully saturated rings. The van der Waals surface area contributed by atoms with E-state index in [0.29, 0.717) is 12.3 Å². The number of hydrogen-bond donors (Lipinski definition) is 1. The molecule has 5 nitrogen and oxygen atoms in total. The second kappa shape index (κ2) is 4.85. The summed E-state index contributed by atoms with van der Waals surface area (Å²) in [5, 5.41) is 3.51. The molecular weight excluding hydrogens is 256 g/mol. The van der Waals surface area contributed by atoms with Crippen LogP contribution in [0.4, 0.5) is 0 Å². The molecule has 1 aromatic heterocycles. The first-order chi connectivity index (χ1) is 9.61. The minimum absolute atomic E-state index is 0.00513. The fraction of sp³-hybridized carbons (Fsp3) is 0.200. The van der Waals surface area contributed by atoms with E-state index in [4.69, 9.17) is 4.42 Å². The van der Waals surface area contributed by atoms with E-state index < -0.39 is 0 Å². The van der Waals surface area contributed by atoms with Crippen molar-refractivity contribution in [1.29, 1.82) is 0 Å². The summed E-state index contributed by atoms with van der Waals surface area (Å²) in [6.07, 6.45) is 2.83. The van der Waals surface area contributed by atoms with Crippen molar-refractivity contribution in [3.05, 3.63) is 47.9 Å². The lowest BCUT2D eigenvalue weighted by atomic mass is 10.2. The number of nitrogens with zero attached hydrogens (tertiary/aromatic N) is 1. The maximum Gasteiger partial charge on any atom is 0.246 e. The van der Waals surface area contributed by atoms with Gasteiger partial charge in [-0.15, -0.1) is 0 Å². The van der Waals surface area contributed by atoms with E-state index in [1.54, 1.807) is 0 Å². The first kappa shape index (κ1) is 12.5. The highest BCUT2D eigenvalue weighted by molar-refractivity contribution is 5.93. The highest BCUT2D eigenvalue weighted by Gasteiger charge is 2.17. The molecule has 20 heavy (non-hydrogen) atoms. The summed E-state index contributed by atoms with van der Waals surface area (Å²) in [5.74, 6) is 0.266. The second-order valence-electron chi connectivity index (χ2n) is 4.81. The van der Waals surface area contributed by atoms with Gasteiger partial charge in [0.1, 0.15) is 11.3 Å². The Labute approximate surface area is 115 Å². The van der Waals surface area contributed by atoms with E-state index >= 15 is 0 Å². The largest absolute Gasteiger partial charge is 0.459 e. The van der Waals surface area contributed by atoms with Crippen LogP contribution in [0.1, 0.15) is 11.3 Å². The minimum atomic E-state index is -0.263. The predicted octanol–water partition coefficient (Wildman–Crippen LogP) is 1.71. The minimum Gasteiger partial charge on any atom is -0.459 e. The van der Waals surface area contributed by atoms with Crippen molar-refractivity contribution in [2.45, 2.75) is 13.5 Å². The highest BCUT2D eigenvalue weighted by atomic mass is 16.3. The Balaban J connectivity index is 1.86. The third-order valence-electron chi connectivity index (χ3n) is 3.19. The van der Waals surface area contributed by atoms with Crippen LogP contribution in [0, 0.1) is 6.92 Å². The number of hydrogen-bond acceptors (Lipinski definition) is 3. The Bertz CT molecular complexity index is 715. The number of amides is 2. The maximum absolute atomic E-state index is 11.9. The summed E-state index contributed by atoms with van der Waals surface area (Å²) < 4.78 is 5.71. The Kier molecular flexibility index (Phi) is 3.02. The molecule has 3 rings (SSSR count). The van der Waals surface area contributed by atoms with Gasteiger partial charge in [0.05, 0.1) is 13.1 Å². The Morgan fingerprint density at radius 3 is 3.00 bits per heavy atom. The topological polar surface area (TPSA) is 62.6 Å². The van der Waals surface area contributed by atoms with Gasteiger partial charge in [0.2, 0.25) is 11.8 Å². The van der Waals surface area contributed by atoms with Gasteiger partial charge in [0, 0.05) is 17.7 Å². The van der Waals surface area contributed by atoms with Crippen LogP contribution in [0.5, 0.6) is 0 Å². The van der Waals surface area contributed by atoms with Crippen LogP contribution in [0.2, 0.25) is 0 Å². The zero-order chi connectivity index (χ0) is 14.1. The SMILES string of the molecule is Cc1ccc2oc(CN3C=CC(=O)NCC3=O)cc2c1. The number of aryl methyl sites for hydroxylation is 1. The summed E-state index contributed by atoms with van der Waals surface area (Å²) in [4.78, 5) is 24.5. The van der Waals surface area contributed by atoms with Gasteiger partial charge in [-0.05, 0) is 25.1 Å². The van der Waals surface area contributed by atoms with E-state index in [1.807, 2.05) is 31.2 Å². The molecule has 1 N–H and O–H groups in total. The van der Waals surface area contributed by atoms with Crippen molar-refractivity contribution >= 4 is 22.8 Å². The van der Waals surface area contributed by atoms with Crippen molar-refractivity contribution in [2.75, 3.05) is 6.54 Å². The molecule has 0 radical (unpaired) electrons. The molecule has 5 heteroatoms. The van der Waals surface area contributed by atoms with Crippen molar-refractivity contribution in [1.82, 2.24) is 10.2 Å². The van der Waals surface area contributed by atoms with Crippen LogP contribution in [-0.2, 0) is 16.1 Å². The zero-order valence-electron chi connectivity index (χ0n) is 11.1. The van der Waals surface area contributed by atoms with Gasteiger partial charge in [0.25, 0.3) is 0 Å². The third kappa shape index (κ3) is 2.42. The first-order valence-electron chi connectivity index (χ1n) is 6.36. The van der Waals surface area contributed by atoms with Gasteiger partial charge in [-0.1, -0.05) is 11.6 Å². The molecule has 0 atom stereocenters. The monoisotopic (exact) mass is 270 g/mol. The van der Waals surface area contributed by atoms with Gasteiger partial charge in [0.15, 0.2) is 0 Å². The molecule has 1 aromatic carbocycles. The molecule has 0 aliphatic carbocycles. The van der Waals surface area contributed by atoms with E-state index in [9.17, 15) is 9.59 Å². The van der Waals surface area contributed by atoms with Crippen LogP contribution >= 0.6 is 0 Å². The van der Waals surface area contributed by atoms with Crippen molar-refractivity contribution in [3.63, 3.8) is 0 Å². The average Bonchev–Trinajstić information content (AvgIpc) is 2.74. The number of carbonyl (C=O) groups is 2. The molecule has 0 unspecified atom stereocenters. The lowest BCUT2D eigenvalue weighted by Gasteiger charge is -2.14. The van der Waals surface area contributed by atoms with E-state index in [2.05, 4.69) is 5.32 Å². The second-order valence-corrected chi connectivity index (χ2v) is 4.81. The fourth-order valence-corrected chi connectivity index (χ4v) is 2.17. The van der Waals surface area contributed by atoms with Crippen molar-refractivity contribution in [2.24, 2.45) is 0 Å². The first-order valence-corrected chi connectivity index (χ1v) is 6.36. The molecule has 0 spiro atoms. The fourth-order valence-electron chi connectivity index (χ4n) is 2.17. The summed E-state index contributed by atoms with van der Waals surface area (Å²) in [6.45, 7) is 2.34. The Hall–Kier alpha value is -2.56. The average molecular weight is 270 g/mol. The molecule has 1 aliphatic rings. The number of furan rings is 1. The molecule has 102 valence electrons. The zero-order valence-corrected chi connectivity index (χ0v) is 11.1. The lowest BCUT2D eigenvalue weighted by Crippen LogP contribution is -2.33. The van der Waals surface area contributed by atoms with Gasteiger partial charge in [-0.3, -0.25) is 9.59 Å². The number of rotatable bonds is 2. The Morgan fingerprint density at radius 2 is 2.15 bits per heavy atom. The normalized spacial score (nSPS) is 15.6. The van der Waals surface area contributed by atoms with E-state index in [0.717, 1.165) is 16.5 Å². The number of benzene rings is 1. The van der Waals surface area contributed by atoms with Crippen LogP contribution in [0.15, 0.2) is 41.0 Å². The van der Waals surface area contributed by atoms with Gasteiger partial charge in [-0.25, -0.2) is 0 Å². The van der Waals surface area contributed by atoms with Gasteiger partial charge >= 0.3 is 0 Å². The van der Waals surface area contributed by atoms with E-state index in [-0.39, 0.29) is 18.4 Å². The van der Waals surface area contributed by atoms with Gasteiger partial charge in [-0.2, -0.15) is 0 Å². The van der Waals surface area contributed by atoms with Crippen LogP contribution in [0.25, 0.3) is 11.0 Å². The van der Waals surface area contributed by atoms with Crippen LogP contribution in [-0.4, -0.2) is 23.3 Å². The summed E-state index contributed by atoms with van der Waals surface area (Å²) in [7, 11) is 0. The lowest BCUT2D eigenvalue weighted by molar-refractivity contribution is -0.129. The molecule has 2 heterocycles. The summed E-state index contributed by atoms with van der Waals surface area (Å²) >= 11 is 0. The predicted molar refractivity (Wildman–Crippen MR) is 73.7 cm³/mol. The summed E-state index contributed by atoms with van der Waals surface area (Å²) in [5.41, 5.74) is 1.96. The van der Waals surface area contributed by atoms with Crippen molar-refractivity contribution < 1.29 is 14.0 Å². The molecule has 0 saturated heterocycles. The van der Waals surface area contributed by atoms with Gasteiger partial charge < -0.3 is 14.6 Å². The molecule has 1 aliphatic heterocycles. The van der Waals surface area contributed by atoms with Crippen molar-refractivity contribution in [3.8, 4) is 0 Å². The molecule has 0 saturated carbocycles. The Morgan fingerprint density at radius 1 is 1.30 bits per heavy atom. The third-order valence-corrected chi connectivity index (χ3v) is 3.19. The molecule has 0 bridgehead atoms. The quantitative estimate of drug-likeness (QED) is 0.903. The standard InChI is InChI=1S/C15H14N2O3/c1-10-2-3-13-11(6-10)7-12(20-13)9-17-5-4-14(18)16-8-15(17)19/h2-7H,8-9H2,1H3,(H,16,18). The molecule has 2 aromatic rings. The van der Waals surface area contributed by atoms with Crippen LogP contribution < -0.4 is 5.32 Å². The van der Waals surface area contributed by atoms with E-state index in [1.165, 1.54) is 17.2 Å². The highest BCUT2D eigenvalue weighted by Crippen LogP contribution is 2.21. The molecular formula is C15H14N2O3. The maximum atomic E-state index is 11.9. The number of carbonyl (C=O) groups excluding carboxylic acids is 2. The number of nitrogens with one attached hydrogen (secondary N) is 1.